The van der Waals surface area contributed by atoms with Crippen molar-refractivity contribution in [3.05, 3.63) is 0 Å². The SMILES string of the molecule is CCOC1CC(CC(=O)N2CCCC2CCCO)C1. The summed E-state index contributed by atoms with van der Waals surface area (Å²) in [7, 11) is 0. The number of hydrogen-bond donors (Lipinski definition) is 1. The van der Waals surface area contributed by atoms with Crippen molar-refractivity contribution in [1.82, 2.24) is 4.90 Å². The number of rotatable bonds is 7. The molecule has 0 aromatic carbocycles. The molecule has 0 bridgehead atoms. The van der Waals surface area contributed by atoms with E-state index in [-0.39, 0.29) is 6.61 Å². The second-order valence-corrected chi connectivity index (χ2v) is 5.87. The summed E-state index contributed by atoms with van der Waals surface area (Å²) in [6.07, 6.45) is 7.18. The van der Waals surface area contributed by atoms with Crippen molar-refractivity contribution in [2.75, 3.05) is 19.8 Å². The Labute approximate surface area is 116 Å². The van der Waals surface area contributed by atoms with E-state index in [9.17, 15) is 4.79 Å². The molecule has 2 aliphatic rings. The predicted molar refractivity (Wildman–Crippen MR) is 73.8 cm³/mol. The molecule has 4 heteroatoms. The van der Waals surface area contributed by atoms with Crippen LogP contribution in [-0.4, -0.2) is 47.8 Å². The van der Waals surface area contributed by atoms with Crippen LogP contribution < -0.4 is 0 Å². The van der Waals surface area contributed by atoms with Crippen LogP contribution in [0.4, 0.5) is 0 Å². The number of hydrogen-bond acceptors (Lipinski definition) is 3. The average molecular weight is 269 g/mol. The van der Waals surface area contributed by atoms with Crippen molar-refractivity contribution in [2.24, 2.45) is 5.92 Å². The molecular formula is C15H27NO3. The Kier molecular flexibility index (Phi) is 5.64. The van der Waals surface area contributed by atoms with Crippen LogP contribution in [0.1, 0.15) is 51.9 Å². The Morgan fingerprint density at radius 1 is 1.42 bits per heavy atom. The average Bonchev–Trinajstić information content (AvgIpc) is 2.82. The maximum absolute atomic E-state index is 12.3. The Balaban J connectivity index is 1.71. The lowest BCUT2D eigenvalue weighted by atomic mass is 9.79. The minimum Gasteiger partial charge on any atom is -0.396 e. The minimum absolute atomic E-state index is 0.233. The zero-order valence-corrected chi connectivity index (χ0v) is 12.0. The molecule has 1 N–H and O–H groups in total. The molecule has 0 aromatic heterocycles. The summed E-state index contributed by atoms with van der Waals surface area (Å²) in [4.78, 5) is 14.4. The first-order valence-corrected chi connectivity index (χ1v) is 7.76. The zero-order chi connectivity index (χ0) is 13.7. The number of aliphatic hydroxyl groups is 1. The van der Waals surface area contributed by atoms with Crippen molar-refractivity contribution in [3.63, 3.8) is 0 Å². The van der Waals surface area contributed by atoms with Gasteiger partial charge >= 0.3 is 0 Å². The van der Waals surface area contributed by atoms with Gasteiger partial charge in [-0.25, -0.2) is 0 Å². The molecule has 2 rings (SSSR count). The molecule has 4 nitrogen and oxygen atoms in total. The topological polar surface area (TPSA) is 49.8 Å². The smallest absolute Gasteiger partial charge is 0.223 e. The normalized spacial score (nSPS) is 30.4. The van der Waals surface area contributed by atoms with E-state index in [1.165, 1.54) is 0 Å². The second-order valence-electron chi connectivity index (χ2n) is 5.87. The number of carbonyl (C=O) groups excluding carboxylic acids is 1. The van der Waals surface area contributed by atoms with Crippen LogP contribution >= 0.6 is 0 Å². The number of ether oxygens (including phenoxy) is 1. The summed E-state index contributed by atoms with van der Waals surface area (Å²) in [5.74, 6) is 0.850. The summed E-state index contributed by atoms with van der Waals surface area (Å²) in [6.45, 7) is 3.95. The lowest BCUT2D eigenvalue weighted by Gasteiger charge is -2.36. The van der Waals surface area contributed by atoms with Gasteiger partial charge < -0.3 is 14.7 Å². The molecule has 2 fully saturated rings. The largest absolute Gasteiger partial charge is 0.396 e. The zero-order valence-electron chi connectivity index (χ0n) is 12.0. The van der Waals surface area contributed by atoms with Gasteiger partial charge in [-0.3, -0.25) is 4.79 Å². The molecule has 0 aromatic rings. The molecule has 1 aliphatic carbocycles. The van der Waals surface area contributed by atoms with Gasteiger partial charge in [0.2, 0.25) is 5.91 Å². The summed E-state index contributed by atoms with van der Waals surface area (Å²) in [5.41, 5.74) is 0. The minimum atomic E-state index is 0.233. The van der Waals surface area contributed by atoms with Crippen LogP contribution in [0.3, 0.4) is 0 Å². The van der Waals surface area contributed by atoms with Gasteiger partial charge in [0.15, 0.2) is 0 Å². The number of amides is 1. The molecule has 1 saturated carbocycles. The number of carbonyl (C=O) groups is 1. The third kappa shape index (κ3) is 3.93. The van der Waals surface area contributed by atoms with E-state index in [0.717, 1.165) is 51.7 Å². The summed E-state index contributed by atoms with van der Waals surface area (Å²) in [5, 5.41) is 8.91. The van der Waals surface area contributed by atoms with Crippen LogP contribution in [0.2, 0.25) is 0 Å². The molecule has 1 unspecified atom stereocenters. The Bertz CT molecular complexity index is 289. The molecule has 19 heavy (non-hydrogen) atoms. The Hall–Kier alpha value is -0.610. The van der Waals surface area contributed by atoms with E-state index in [1.54, 1.807) is 0 Å². The first kappa shape index (κ1) is 14.8. The van der Waals surface area contributed by atoms with E-state index < -0.39 is 0 Å². The fourth-order valence-electron chi connectivity index (χ4n) is 3.37. The lowest BCUT2D eigenvalue weighted by molar-refractivity contribution is -0.135. The summed E-state index contributed by atoms with van der Waals surface area (Å²) in [6, 6.07) is 0.377. The van der Waals surface area contributed by atoms with Crippen LogP contribution in [0, 0.1) is 5.92 Å². The summed E-state index contributed by atoms with van der Waals surface area (Å²) >= 11 is 0. The van der Waals surface area contributed by atoms with Crippen LogP contribution in [0.25, 0.3) is 0 Å². The molecule has 110 valence electrons. The van der Waals surface area contributed by atoms with Crippen molar-refractivity contribution < 1.29 is 14.6 Å². The van der Waals surface area contributed by atoms with E-state index in [0.29, 0.717) is 30.4 Å². The predicted octanol–water partition coefficient (Wildman–Crippen LogP) is 1.96. The summed E-state index contributed by atoms with van der Waals surface area (Å²) < 4.78 is 5.54. The van der Waals surface area contributed by atoms with Crippen molar-refractivity contribution in [3.8, 4) is 0 Å². The highest BCUT2D eigenvalue weighted by molar-refractivity contribution is 5.77. The lowest BCUT2D eigenvalue weighted by Crippen LogP contribution is -2.40. The van der Waals surface area contributed by atoms with Gasteiger partial charge in [0, 0.05) is 32.2 Å². The van der Waals surface area contributed by atoms with Crippen molar-refractivity contribution >= 4 is 5.91 Å². The number of aliphatic hydroxyl groups excluding tert-OH is 1. The number of likely N-dealkylation sites (tertiary alicyclic amines) is 1. The Morgan fingerprint density at radius 2 is 2.21 bits per heavy atom. The van der Waals surface area contributed by atoms with Crippen LogP contribution in [0.15, 0.2) is 0 Å². The van der Waals surface area contributed by atoms with Crippen LogP contribution in [-0.2, 0) is 9.53 Å². The van der Waals surface area contributed by atoms with Crippen molar-refractivity contribution in [1.29, 1.82) is 0 Å². The van der Waals surface area contributed by atoms with E-state index in [1.807, 2.05) is 6.92 Å². The molecular weight excluding hydrogens is 242 g/mol. The molecule has 1 atom stereocenters. The molecule has 0 spiro atoms. The molecule has 1 saturated heterocycles. The maximum Gasteiger partial charge on any atom is 0.223 e. The van der Waals surface area contributed by atoms with Gasteiger partial charge in [-0.1, -0.05) is 0 Å². The highest BCUT2D eigenvalue weighted by atomic mass is 16.5. The van der Waals surface area contributed by atoms with E-state index in [4.69, 9.17) is 9.84 Å². The highest BCUT2D eigenvalue weighted by Crippen LogP contribution is 2.34. The van der Waals surface area contributed by atoms with Gasteiger partial charge in [-0.2, -0.15) is 0 Å². The number of nitrogens with zero attached hydrogens (tertiary/aromatic N) is 1. The molecule has 1 aliphatic heterocycles. The first-order valence-electron chi connectivity index (χ1n) is 7.76. The quantitative estimate of drug-likeness (QED) is 0.768. The van der Waals surface area contributed by atoms with Gasteiger partial charge in [-0.05, 0) is 51.4 Å². The van der Waals surface area contributed by atoms with Gasteiger partial charge in [0.05, 0.1) is 6.10 Å². The van der Waals surface area contributed by atoms with Gasteiger partial charge in [-0.15, -0.1) is 0 Å². The van der Waals surface area contributed by atoms with Crippen molar-refractivity contribution in [2.45, 2.75) is 64.0 Å². The molecule has 1 amide bonds. The highest BCUT2D eigenvalue weighted by Gasteiger charge is 2.34. The monoisotopic (exact) mass is 269 g/mol. The second kappa shape index (κ2) is 7.25. The standard InChI is InChI=1S/C15H27NO3/c1-2-19-14-9-12(10-14)11-15(18)16-7-3-5-13(16)6-4-8-17/h12-14,17H,2-11H2,1H3. The van der Waals surface area contributed by atoms with E-state index in [2.05, 4.69) is 4.90 Å². The molecule has 0 radical (unpaired) electrons. The Morgan fingerprint density at radius 3 is 2.89 bits per heavy atom. The first-order chi connectivity index (χ1) is 9.24. The fraction of sp³-hybridized carbons (Fsp3) is 0.933. The van der Waals surface area contributed by atoms with E-state index >= 15 is 0 Å². The maximum atomic E-state index is 12.3. The third-order valence-electron chi connectivity index (χ3n) is 4.45. The fourth-order valence-corrected chi connectivity index (χ4v) is 3.37. The molecule has 1 heterocycles. The van der Waals surface area contributed by atoms with Gasteiger partial charge in [0.1, 0.15) is 0 Å². The van der Waals surface area contributed by atoms with Gasteiger partial charge in [0.25, 0.3) is 0 Å². The third-order valence-corrected chi connectivity index (χ3v) is 4.45. The van der Waals surface area contributed by atoms with Crippen LogP contribution in [0.5, 0.6) is 0 Å².